The van der Waals surface area contributed by atoms with Crippen molar-refractivity contribution in [3.05, 3.63) is 0 Å². The highest BCUT2D eigenvalue weighted by Gasteiger charge is 2.27. The molecule has 0 unspecified atom stereocenters. The zero-order valence-corrected chi connectivity index (χ0v) is 15.3. The van der Waals surface area contributed by atoms with Crippen LogP contribution in [-0.2, 0) is 14.8 Å². The van der Waals surface area contributed by atoms with Crippen LogP contribution in [0.2, 0.25) is 0 Å². The van der Waals surface area contributed by atoms with E-state index in [4.69, 9.17) is 5.11 Å². The van der Waals surface area contributed by atoms with E-state index < -0.39 is 16.0 Å². The summed E-state index contributed by atoms with van der Waals surface area (Å²) in [5, 5.41) is 8.65. The zero-order valence-electron chi connectivity index (χ0n) is 14.5. The summed E-state index contributed by atoms with van der Waals surface area (Å²) >= 11 is 0. The summed E-state index contributed by atoms with van der Waals surface area (Å²) in [7, 11) is -3.09. The van der Waals surface area contributed by atoms with E-state index in [-0.39, 0.29) is 12.2 Å². The Labute approximate surface area is 141 Å². The third kappa shape index (κ3) is 8.70. The molecule has 0 atom stereocenters. The molecule has 0 aromatic rings. The molecule has 1 saturated heterocycles. The number of rotatable bonds is 12. The molecule has 5 nitrogen and oxygen atoms in total. The fraction of sp³-hybridized carbons (Fsp3) is 0.941. The van der Waals surface area contributed by atoms with Crippen LogP contribution in [0.15, 0.2) is 0 Å². The maximum absolute atomic E-state index is 12.3. The smallest absolute Gasteiger partial charge is 0.303 e. The monoisotopic (exact) mass is 347 g/mol. The molecule has 0 spiro atoms. The van der Waals surface area contributed by atoms with Gasteiger partial charge in [0.1, 0.15) is 0 Å². The average molecular weight is 348 g/mol. The topological polar surface area (TPSA) is 74.7 Å². The van der Waals surface area contributed by atoms with Crippen molar-refractivity contribution in [3.63, 3.8) is 0 Å². The van der Waals surface area contributed by atoms with E-state index in [1.807, 2.05) is 0 Å². The lowest BCUT2D eigenvalue weighted by Gasteiger charge is -2.31. The SMILES string of the molecule is CCCCCCCCS(=O)(=O)N1CCC(CCCC(=O)O)CC1. The van der Waals surface area contributed by atoms with Crippen molar-refractivity contribution in [2.45, 2.75) is 77.6 Å². The van der Waals surface area contributed by atoms with Gasteiger partial charge in [0.15, 0.2) is 0 Å². The third-order valence-corrected chi connectivity index (χ3v) is 6.68. The Kier molecular flexibility index (Phi) is 9.79. The number of aliphatic carboxylic acids is 1. The molecular formula is C17H33NO4S. The second-order valence-electron chi connectivity index (χ2n) is 6.71. The van der Waals surface area contributed by atoms with Crippen molar-refractivity contribution in [3.8, 4) is 0 Å². The standard InChI is InChI=1S/C17H33NO4S/c1-2-3-4-5-6-7-15-23(21,22)18-13-11-16(12-14-18)9-8-10-17(19)20/h16H,2-15H2,1H3,(H,19,20). The Morgan fingerprint density at radius 2 is 1.65 bits per heavy atom. The molecule has 1 N–H and O–H groups in total. The third-order valence-electron chi connectivity index (χ3n) is 4.73. The Hall–Kier alpha value is -0.620. The van der Waals surface area contributed by atoms with Crippen LogP contribution in [0.5, 0.6) is 0 Å². The fourth-order valence-corrected chi connectivity index (χ4v) is 4.81. The second kappa shape index (κ2) is 11.0. The van der Waals surface area contributed by atoms with E-state index in [0.29, 0.717) is 25.4 Å². The van der Waals surface area contributed by atoms with Crippen LogP contribution < -0.4 is 0 Å². The van der Waals surface area contributed by atoms with Crippen LogP contribution in [0, 0.1) is 5.92 Å². The summed E-state index contributed by atoms with van der Waals surface area (Å²) in [6.45, 7) is 3.39. The number of unbranched alkanes of at least 4 members (excludes halogenated alkanes) is 5. The minimum atomic E-state index is -3.09. The maximum atomic E-state index is 12.3. The first-order chi connectivity index (χ1) is 11.0. The predicted molar refractivity (Wildman–Crippen MR) is 92.9 cm³/mol. The molecular weight excluding hydrogens is 314 g/mol. The first-order valence-corrected chi connectivity index (χ1v) is 10.8. The van der Waals surface area contributed by atoms with E-state index in [1.165, 1.54) is 19.3 Å². The van der Waals surface area contributed by atoms with Crippen molar-refractivity contribution >= 4 is 16.0 Å². The molecule has 1 aliphatic rings. The summed E-state index contributed by atoms with van der Waals surface area (Å²) in [5.41, 5.74) is 0. The number of carbonyl (C=O) groups is 1. The number of nitrogens with zero attached hydrogens (tertiary/aromatic N) is 1. The Balaban J connectivity index is 2.19. The van der Waals surface area contributed by atoms with E-state index in [9.17, 15) is 13.2 Å². The summed E-state index contributed by atoms with van der Waals surface area (Å²) < 4.78 is 26.3. The molecule has 0 aliphatic carbocycles. The minimum absolute atomic E-state index is 0.219. The molecule has 1 heterocycles. The highest BCUT2D eigenvalue weighted by Crippen LogP contribution is 2.24. The highest BCUT2D eigenvalue weighted by molar-refractivity contribution is 7.89. The Morgan fingerprint density at radius 3 is 2.26 bits per heavy atom. The lowest BCUT2D eigenvalue weighted by Crippen LogP contribution is -2.39. The number of hydrogen-bond acceptors (Lipinski definition) is 3. The molecule has 0 aromatic heterocycles. The number of carboxylic acid groups (broad SMARTS) is 1. The zero-order chi connectivity index (χ0) is 17.1. The predicted octanol–water partition coefficient (Wildman–Crippen LogP) is 3.64. The van der Waals surface area contributed by atoms with Gasteiger partial charge in [-0.15, -0.1) is 0 Å². The first-order valence-electron chi connectivity index (χ1n) is 9.15. The molecule has 23 heavy (non-hydrogen) atoms. The van der Waals surface area contributed by atoms with Crippen LogP contribution in [-0.4, -0.2) is 42.6 Å². The molecule has 0 radical (unpaired) electrons. The Morgan fingerprint density at radius 1 is 1.04 bits per heavy atom. The maximum Gasteiger partial charge on any atom is 0.303 e. The van der Waals surface area contributed by atoms with Crippen molar-refractivity contribution in [1.82, 2.24) is 4.31 Å². The van der Waals surface area contributed by atoms with Crippen molar-refractivity contribution in [2.24, 2.45) is 5.92 Å². The minimum Gasteiger partial charge on any atom is -0.481 e. The van der Waals surface area contributed by atoms with Crippen molar-refractivity contribution < 1.29 is 18.3 Å². The van der Waals surface area contributed by atoms with Gasteiger partial charge in [-0.05, 0) is 38.0 Å². The number of sulfonamides is 1. The number of carboxylic acids is 1. The van der Waals surface area contributed by atoms with Crippen LogP contribution in [0.1, 0.15) is 77.6 Å². The molecule has 0 aromatic carbocycles. The lowest BCUT2D eigenvalue weighted by molar-refractivity contribution is -0.137. The highest BCUT2D eigenvalue weighted by atomic mass is 32.2. The quantitative estimate of drug-likeness (QED) is 0.547. The van der Waals surface area contributed by atoms with Crippen LogP contribution in [0.25, 0.3) is 0 Å². The molecule has 0 amide bonds. The second-order valence-corrected chi connectivity index (χ2v) is 8.80. The van der Waals surface area contributed by atoms with Gasteiger partial charge in [-0.2, -0.15) is 0 Å². The van der Waals surface area contributed by atoms with Gasteiger partial charge >= 0.3 is 5.97 Å². The summed E-state index contributed by atoms with van der Waals surface area (Å²) in [4.78, 5) is 10.5. The normalized spacial score (nSPS) is 17.4. The number of piperidine rings is 1. The molecule has 1 aliphatic heterocycles. The average Bonchev–Trinajstić information content (AvgIpc) is 2.51. The van der Waals surface area contributed by atoms with E-state index >= 15 is 0 Å². The van der Waals surface area contributed by atoms with Gasteiger partial charge in [0.25, 0.3) is 0 Å². The summed E-state index contributed by atoms with van der Waals surface area (Å²) in [5.74, 6) is 0.0156. The molecule has 1 fully saturated rings. The van der Waals surface area contributed by atoms with Gasteiger partial charge in [-0.1, -0.05) is 39.0 Å². The van der Waals surface area contributed by atoms with Gasteiger partial charge in [0.2, 0.25) is 10.0 Å². The van der Waals surface area contributed by atoms with E-state index in [1.54, 1.807) is 4.31 Å². The summed E-state index contributed by atoms with van der Waals surface area (Å²) in [6, 6.07) is 0. The van der Waals surface area contributed by atoms with Crippen molar-refractivity contribution in [1.29, 1.82) is 0 Å². The van der Waals surface area contributed by atoms with Crippen LogP contribution in [0.3, 0.4) is 0 Å². The molecule has 6 heteroatoms. The summed E-state index contributed by atoms with van der Waals surface area (Å²) in [6.07, 6.45) is 10.1. The lowest BCUT2D eigenvalue weighted by atomic mass is 9.92. The van der Waals surface area contributed by atoms with Crippen molar-refractivity contribution in [2.75, 3.05) is 18.8 Å². The van der Waals surface area contributed by atoms with Gasteiger partial charge < -0.3 is 5.11 Å². The molecule has 0 bridgehead atoms. The van der Waals surface area contributed by atoms with Gasteiger partial charge in [-0.3, -0.25) is 4.79 Å². The van der Waals surface area contributed by atoms with Gasteiger partial charge in [0, 0.05) is 19.5 Å². The molecule has 1 rings (SSSR count). The van der Waals surface area contributed by atoms with Gasteiger partial charge in [-0.25, -0.2) is 12.7 Å². The molecule has 0 saturated carbocycles. The van der Waals surface area contributed by atoms with Crippen LogP contribution in [0.4, 0.5) is 0 Å². The van der Waals surface area contributed by atoms with E-state index in [2.05, 4.69) is 6.92 Å². The number of hydrogen-bond donors (Lipinski definition) is 1. The first kappa shape index (κ1) is 20.4. The fourth-order valence-electron chi connectivity index (χ4n) is 3.21. The molecule has 136 valence electrons. The van der Waals surface area contributed by atoms with Gasteiger partial charge in [0.05, 0.1) is 5.75 Å². The largest absolute Gasteiger partial charge is 0.481 e. The Bertz CT molecular complexity index is 428. The van der Waals surface area contributed by atoms with E-state index in [0.717, 1.165) is 38.5 Å². The van der Waals surface area contributed by atoms with Crippen LogP contribution >= 0.6 is 0 Å².